The fourth-order valence-electron chi connectivity index (χ4n) is 3.02. The highest BCUT2D eigenvalue weighted by Gasteiger charge is 2.11. The zero-order valence-electron chi connectivity index (χ0n) is 19.3. The van der Waals surface area contributed by atoms with E-state index in [9.17, 15) is 4.79 Å². The minimum atomic E-state index is -0.372. The van der Waals surface area contributed by atoms with Gasteiger partial charge < -0.3 is 18.9 Å². The van der Waals surface area contributed by atoms with Crippen molar-refractivity contribution in [3.8, 4) is 23.0 Å². The van der Waals surface area contributed by atoms with Gasteiger partial charge in [-0.2, -0.15) is 5.10 Å². The number of amides is 1. The van der Waals surface area contributed by atoms with Crippen LogP contribution in [0.15, 0.2) is 65.8 Å². The van der Waals surface area contributed by atoms with Gasteiger partial charge in [-0.05, 0) is 54.4 Å². The van der Waals surface area contributed by atoms with Crippen LogP contribution >= 0.6 is 11.6 Å². The molecule has 0 spiro atoms. The first-order valence-corrected chi connectivity index (χ1v) is 11.1. The minimum absolute atomic E-state index is 0.311. The maximum Gasteiger partial charge on any atom is 0.271 e. The number of benzene rings is 3. The molecule has 178 valence electrons. The van der Waals surface area contributed by atoms with E-state index in [1.165, 1.54) is 13.3 Å². The van der Waals surface area contributed by atoms with Crippen molar-refractivity contribution in [2.75, 3.05) is 20.8 Å². The molecule has 0 fully saturated rings. The summed E-state index contributed by atoms with van der Waals surface area (Å²) < 4.78 is 22.2. The Kier molecular flexibility index (Phi) is 9.17. The lowest BCUT2D eigenvalue weighted by atomic mass is 10.2. The van der Waals surface area contributed by atoms with E-state index < -0.39 is 0 Å². The van der Waals surface area contributed by atoms with E-state index in [-0.39, 0.29) is 5.91 Å². The second-order valence-corrected chi connectivity index (χ2v) is 7.61. The van der Waals surface area contributed by atoms with Crippen molar-refractivity contribution in [2.45, 2.75) is 20.0 Å². The summed E-state index contributed by atoms with van der Waals surface area (Å²) >= 11 is 6.18. The standard InChI is InChI=1S/C26H27ClN2O5/c1-4-13-33-22-12-10-19(15-25(22)32-3)26(30)29-28-16-18-9-11-23(24(14-18)31-2)34-17-20-7-5-6-8-21(20)27/h5-12,14-16H,4,13,17H2,1-3H3,(H,29,30)/b28-16+. The second-order valence-electron chi connectivity index (χ2n) is 7.20. The monoisotopic (exact) mass is 482 g/mol. The molecule has 0 atom stereocenters. The van der Waals surface area contributed by atoms with Crippen LogP contribution in [0.4, 0.5) is 0 Å². The van der Waals surface area contributed by atoms with Crippen molar-refractivity contribution >= 4 is 23.7 Å². The van der Waals surface area contributed by atoms with Gasteiger partial charge in [0, 0.05) is 16.1 Å². The van der Waals surface area contributed by atoms with Gasteiger partial charge in [0.05, 0.1) is 27.0 Å². The van der Waals surface area contributed by atoms with Gasteiger partial charge in [-0.3, -0.25) is 4.79 Å². The van der Waals surface area contributed by atoms with Crippen molar-refractivity contribution < 1.29 is 23.7 Å². The van der Waals surface area contributed by atoms with Crippen LogP contribution in [0, 0.1) is 0 Å². The number of halogens is 1. The average Bonchev–Trinajstić information content (AvgIpc) is 2.87. The fraction of sp³-hybridized carbons (Fsp3) is 0.231. The molecular formula is C26H27ClN2O5. The highest BCUT2D eigenvalue weighted by Crippen LogP contribution is 2.30. The molecule has 0 unspecified atom stereocenters. The molecule has 0 bridgehead atoms. The van der Waals surface area contributed by atoms with Crippen LogP contribution < -0.4 is 24.4 Å². The summed E-state index contributed by atoms with van der Waals surface area (Å²) in [6.45, 7) is 2.90. The van der Waals surface area contributed by atoms with Crippen molar-refractivity contribution in [2.24, 2.45) is 5.10 Å². The first-order valence-electron chi connectivity index (χ1n) is 10.7. The first-order chi connectivity index (χ1) is 16.5. The van der Waals surface area contributed by atoms with E-state index in [1.807, 2.05) is 37.3 Å². The summed E-state index contributed by atoms with van der Waals surface area (Å²) in [4.78, 5) is 12.5. The number of hydrogen-bond donors (Lipinski definition) is 1. The van der Waals surface area contributed by atoms with Crippen molar-refractivity contribution in [1.82, 2.24) is 5.43 Å². The second kappa shape index (κ2) is 12.5. The van der Waals surface area contributed by atoms with Gasteiger partial charge in [0.25, 0.3) is 5.91 Å². The molecule has 0 aliphatic heterocycles. The molecule has 0 heterocycles. The molecule has 1 amide bonds. The Bertz CT molecular complexity index is 1150. The maximum atomic E-state index is 12.5. The molecule has 0 aliphatic carbocycles. The number of hydrogen-bond acceptors (Lipinski definition) is 6. The Hall–Kier alpha value is -3.71. The third kappa shape index (κ3) is 6.65. The fourth-order valence-corrected chi connectivity index (χ4v) is 3.22. The molecular weight excluding hydrogens is 456 g/mol. The maximum absolute atomic E-state index is 12.5. The third-order valence-electron chi connectivity index (χ3n) is 4.80. The van der Waals surface area contributed by atoms with E-state index >= 15 is 0 Å². The predicted molar refractivity (Wildman–Crippen MR) is 133 cm³/mol. The zero-order chi connectivity index (χ0) is 24.3. The van der Waals surface area contributed by atoms with Gasteiger partial charge in [0.2, 0.25) is 0 Å². The number of nitrogens with one attached hydrogen (secondary N) is 1. The quantitative estimate of drug-likeness (QED) is 0.289. The molecule has 3 aromatic carbocycles. The van der Waals surface area contributed by atoms with Gasteiger partial charge >= 0.3 is 0 Å². The van der Waals surface area contributed by atoms with Crippen LogP contribution in [0.1, 0.15) is 34.8 Å². The Labute approximate surface area is 204 Å². The van der Waals surface area contributed by atoms with Crippen LogP contribution in [0.2, 0.25) is 5.02 Å². The SMILES string of the molecule is CCCOc1ccc(C(=O)N/N=C/c2ccc(OCc3ccccc3Cl)c(OC)c2)cc1OC. The summed E-state index contributed by atoms with van der Waals surface area (Å²) in [7, 11) is 3.09. The normalized spacial score (nSPS) is 10.7. The van der Waals surface area contributed by atoms with Gasteiger partial charge in [0.1, 0.15) is 6.61 Å². The lowest BCUT2D eigenvalue weighted by molar-refractivity contribution is 0.0954. The highest BCUT2D eigenvalue weighted by atomic mass is 35.5. The minimum Gasteiger partial charge on any atom is -0.493 e. The molecule has 7 nitrogen and oxygen atoms in total. The molecule has 0 saturated heterocycles. The van der Waals surface area contributed by atoms with Crippen LogP contribution in [0.3, 0.4) is 0 Å². The van der Waals surface area contributed by atoms with Crippen molar-refractivity contribution in [1.29, 1.82) is 0 Å². The summed E-state index contributed by atoms with van der Waals surface area (Å²) in [5.74, 6) is 1.81. The molecule has 34 heavy (non-hydrogen) atoms. The number of carbonyl (C=O) groups is 1. The first kappa shape index (κ1) is 24.9. The lowest BCUT2D eigenvalue weighted by Crippen LogP contribution is -2.17. The van der Waals surface area contributed by atoms with Crippen molar-refractivity contribution in [3.63, 3.8) is 0 Å². The Morgan fingerprint density at radius 1 is 0.941 bits per heavy atom. The van der Waals surface area contributed by atoms with Gasteiger partial charge in [0.15, 0.2) is 23.0 Å². The summed E-state index contributed by atoms with van der Waals surface area (Å²) in [6, 6.07) is 17.8. The van der Waals surface area contributed by atoms with Gasteiger partial charge in [-0.15, -0.1) is 0 Å². The van der Waals surface area contributed by atoms with E-state index in [0.29, 0.717) is 46.8 Å². The van der Waals surface area contributed by atoms with Gasteiger partial charge in [-0.1, -0.05) is 36.7 Å². The zero-order valence-corrected chi connectivity index (χ0v) is 20.1. The average molecular weight is 483 g/mol. The highest BCUT2D eigenvalue weighted by molar-refractivity contribution is 6.31. The van der Waals surface area contributed by atoms with E-state index in [4.69, 9.17) is 30.5 Å². The molecule has 8 heteroatoms. The van der Waals surface area contributed by atoms with Crippen LogP contribution in [-0.2, 0) is 6.61 Å². The number of hydrazone groups is 1. The topological polar surface area (TPSA) is 78.4 Å². The summed E-state index contributed by atoms with van der Waals surface area (Å²) in [5, 5.41) is 4.69. The lowest BCUT2D eigenvalue weighted by Gasteiger charge is -2.12. The van der Waals surface area contributed by atoms with Crippen molar-refractivity contribution in [3.05, 3.63) is 82.4 Å². The largest absolute Gasteiger partial charge is 0.493 e. The number of ether oxygens (including phenoxy) is 4. The number of carbonyl (C=O) groups excluding carboxylic acids is 1. The molecule has 0 aromatic heterocycles. The number of methoxy groups -OCH3 is 2. The third-order valence-corrected chi connectivity index (χ3v) is 5.16. The van der Waals surface area contributed by atoms with Crippen LogP contribution in [-0.4, -0.2) is 32.9 Å². The van der Waals surface area contributed by atoms with E-state index in [1.54, 1.807) is 37.4 Å². The molecule has 1 N–H and O–H groups in total. The summed E-state index contributed by atoms with van der Waals surface area (Å²) in [6.07, 6.45) is 2.40. The van der Waals surface area contributed by atoms with E-state index in [0.717, 1.165) is 17.5 Å². The molecule has 0 saturated carbocycles. The summed E-state index contributed by atoms with van der Waals surface area (Å²) in [5.41, 5.74) is 4.52. The van der Waals surface area contributed by atoms with Crippen LogP contribution in [0.5, 0.6) is 23.0 Å². The van der Waals surface area contributed by atoms with Gasteiger partial charge in [-0.25, -0.2) is 5.43 Å². The number of rotatable bonds is 11. The van der Waals surface area contributed by atoms with E-state index in [2.05, 4.69) is 10.5 Å². The molecule has 0 radical (unpaired) electrons. The molecule has 0 aliphatic rings. The number of nitrogens with zero attached hydrogens (tertiary/aromatic N) is 1. The van der Waals surface area contributed by atoms with Crippen LogP contribution in [0.25, 0.3) is 0 Å². The Morgan fingerprint density at radius 3 is 2.38 bits per heavy atom. The smallest absolute Gasteiger partial charge is 0.271 e. The molecule has 3 rings (SSSR count). The predicted octanol–water partition coefficient (Wildman–Crippen LogP) is 5.49. The Morgan fingerprint density at radius 2 is 1.65 bits per heavy atom. The Balaban J connectivity index is 1.63. The molecule has 3 aromatic rings.